The second-order valence-corrected chi connectivity index (χ2v) is 7.74. The van der Waals surface area contributed by atoms with Gasteiger partial charge in [-0.3, -0.25) is 9.59 Å². The third kappa shape index (κ3) is 3.58. The van der Waals surface area contributed by atoms with E-state index in [0.29, 0.717) is 20.6 Å². The molecule has 4 aromatic rings. The molecule has 2 heterocycles. The fourth-order valence-electron chi connectivity index (χ4n) is 2.76. The van der Waals surface area contributed by atoms with Gasteiger partial charge in [0.25, 0.3) is 5.91 Å². The van der Waals surface area contributed by atoms with Crippen LogP contribution in [-0.2, 0) is 16.1 Å². The van der Waals surface area contributed by atoms with Crippen LogP contribution in [0.4, 0.5) is 4.39 Å². The molecule has 28 heavy (non-hydrogen) atoms. The number of hydrogen-bond acceptors (Lipinski definition) is 6. The Hall–Kier alpha value is -2.91. The zero-order chi connectivity index (χ0) is 19.7. The van der Waals surface area contributed by atoms with Crippen molar-refractivity contribution < 1.29 is 18.7 Å². The van der Waals surface area contributed by atoms with E-state index in [-0.39, 0.29) is 13.2 Å². The number of carbonyl (C=O) groups is 2. The van der Waals surface area contributed by atoms with Crippen LogP contribution in [0.1, 0.15) is 17.3 Å². The molecule has 0 saturated carbocycles. The molecule has 2 aromatic carbocycles. The number of rotatable bonds is 4. The molecule has 1 amide bonds. The van der Waals surface area contributed by atoms with Crippen molar-refractivity contribution in [1.29, 1.82) is 0 Å². The molecule has 0 unspecified atom stereocenters. The van der Waals surface area contributed by atoms with Crippen LogP contribution in [0.2, 0.25) is 0 Å². The van der Waals surface area contributed by atoms with Crippen LogP contribution < -0.4 is 4.80 Å². The summed E-state index contributed by atoms with van der Waals surface area (Å²) in [6.07, 6.45) is 0. The molecule has 9 heteroatoms. The van der Waals surface area contributed by atoms with Gasteiger partial charge in [-0.2, -0.15) is 4.99 Å². The average Bonchev–Trinajstić information content (AvgIpc) is 3.26. The van der Waals surface area contributed by atoms with Crippen LogP contribution in [0.15, 0.2) is 46.9 Å². The lowest BCUT2D eigenvalue weighted by Gasteiger charge is -2.05. The Morgan fingerprint density at radius 3 is 2.89 bits per heavy atom. The number of thiazole rings is 2. The molecule has 0 spiro atoms. The van der Waals surface area contributed by atoms with Crippen molar-refractivity contribution in [3.63, 3.8) is 0 Å². The number of benzene rings is 2. The first-order valence-corrected chi connectivity index (χ1v) is 10.1. The quantitative estimate of drug-likeness (QED) is 0.476. The van der Waals surface area contributed by atoms with E-state index < -0.39 is 17.7 Å². The largest absolute Gasteiger partial charge is 0.465 e. The van der Waals surface area contributed by atoms with Crippen molar-refractivity contribution in [1.82, 2.24) is 9.55 Å². The number of esters is 1. The summed E-state index contributed by atoms with van der Waals surface area (Å²) in [5.41, 5.74) is 3.56. The van der Waals surface area contributed by atoms with Crippen molar-refractivity contribution in [3.8, 4) is 0 Å². The third-order valence-electron chi connectivity index (χ3n) is 4.01. The molecule has 0 bridgehead atoms. The van der Waals surface area contributed by atoms with Gasteiger partial charge < -0.3 is 9.30 Å². The van der Waals surface area contributed by atoms with Crippen LogP contribution in [0.3, 0.4) is 0 Å². The number of fused-ring (bicyclic) bond motifs is 2. The van der Waals surface area contributed by atoms with Gasteiger partial charge in [0.1, 0.15) is 12.4 Å². The van der Waals surface area contributed by atoms with E-state index in [1.165, 1.54) is 23.5 Å². The van der Waals surface area contributed by atoms with Crippen LogP contribution >= 0.6 is 22.7 Å². The van der Waals surface area contributed by atoms with E-state index in [1.54, 1.807) is 41.3 Å². The van der Waals surface area contributed by atoms with E-state index in [1.807, 2.05) is 0 Å². The molecule has 2 aromatic heterocycles. The van der Waals surface area contributed by atoms with Crippen molar-refractivity contribution in [2.24, 2.45) is 4.99 Å². The molecule has 0 radical (unpaired) electrons. The summed E-state index contributed by atoms with van der Waals surface area (Å²) >= 11 is 2.58. The van der Waals surface area contributed by atoms with Gasteiger partial charge in [0.2, 0.25) is 0 Å². The average molecular weight is 415 g/mol. The SMILES string of the molecule is CCOC(=O)Cn1c(=NC(=O)c2ccc3ncsc3c2)sc2cc(F)ccc21. The van der Waals surface area contributed by atoms with E-state index >= 15 is 0 Å². The van der Waals surface area contributed by atoms with Gasteiger partial charge in [-0.25, -0.2) is 9.37 Å². The van der Waals surface area contributed by atoms with Gasteiger partial charge in [0.15, 0.2) is 4.80 Å². The first-order chi connectivity index (χ1) is 13.5. The summed E-state index contributed by atoms with van der Waals surface area (Å²) < 4.78 is 21.7. The van der Waals surface area contributed by atoms with E-state index in [0.717, 1.165) is 21.6 Å². The lowest BCUT2D eigenvalue weighted by atomic mass is 10.2. The Labute approximate surface area is 166 Å². The minimum absolute atomic E-state index is 0.112. The molecule has 0 saturated heterocycles. The number of ether oxygens (including phenoxy) is 1. The zero-order valence-electron chi connectivity index (χ0n) is 14.7. The minimum Gasteiger partial charge on any atom is -0.465 e. The first-order valence-electron chi connectivity index (χ1n) is 8.42. The van der Waals surface area contributed by atoms with Crippen molar-refractivity contribution in [3.05, 3.63) is 58.1 Å². The highest BCUT2D eigenvalue weighted by molar-refractivity contribution is 7.17. The lowest BCUT2D eigenvalue weighted by molar-refractivity contribution is -0.143. The topological polar surface area (TPSA) is 73.6 Å². The molecular formula is C19H14FN3O3S2. The van der Waals surface area contributed by atoms with Crippen LogP contribution in [0, 0.1) is 5.82 Å². The highest BCUT2D eigenvalue weighted by atomic mass is 32.1. The van der Waals surface area contributed by atoms with Crippen LogP contribution in [0.5, 0.6) is 0 Å². The molecule has 6 nitrogen and oxygen atoms in total. The van der Waals surface area contributed by atoms with Crippen molar-refractivity contribution in [2.45, 2.75) is 13.5 Å². The molecule has 0 N–H and O–H groups in total. The van der Waals surface area contributed by atoms with Gasteiger partial charge in [-0.1, -0.05) is 11.3 Å². The van der Waals surface area contributed by atoms with E-state index in [9.17, 15) is 14.0 Å². The van der Waals surface area contributed by atoms with Crippen LogP contribution in [-0.4, -0.2) is 28.0 Å². The summed E-state index contributed by atoms with van der Waals surface area (Å²) in [4.78, 5) is 33.4. The summed E-state index contributed by atoms with van der Waals surface area (Å²) in [6, 6.07) is 9.39. The Morgan fingerprint density at radius 1 is 1.21 bits per heavy atom. The molecule has 0 atom stereocenters. The number of hydrogen-bond donors (Lipinski definition) is 0. The number of halogens is 1. The fraction of sp³-hybridized carbons (Fsp3) is 0.158. The smallest absolute Gasteiger partial charge is 0.326 e. The predicted molar refractivity (Wildman–Crippen MR) is 106 cm³/mol. The summed E-state index contributed by atoms with van der Waals surface area (Å²) in [6.45, 7) is 1.85. The summed E-state index contributed by atoms with van der Waals surface area (Å²) in [7, 11) is 0. The molecule has 0 aliphatic carbocycles. The maximum atomic E-state index is 13.6. The summed E-state index contributed by atoms with van der Waals surface area (Å²) in [5, 5.41) is 0. The Morgan fingerprint density at radius 2 is 2.07 bits per heavy atom. The lowest BCUT2D eigenvalue weighted by Crippen LogP contribution is -2.23. The first kappa shape index (κ1) is 18.5. The molecule has 0 aliphatic heterocycles. The third-order valence-corrected chi connectivity index (χ3v) is 5.85. The summed E-state index contributed by atoms with van der Waals surface area (Å²) in [5.74, 6) is -1.29. The van der Waals surface area contributed by atoms with Gasteiger partial charge in [0.05, 0.1) is 32.6 Å². The predicted octanol–water partition coefficient (Wildman–Crippen LogP) is 3.76. The number of carbonyl (C=O) groups excluding carboxylic acids is 2. The normalized spacial score (nSPS) is 12.0. The maximum absolute atomic E-state index is 13.6. The monoisotopic (exact) mass is 415 g/mol. The second kappa shape index (κ2) is 7.61. The molecule has 0 fully saturated rings. The van der Waals surface area contributed by atoms with Gasteiger partial charge >= 0.3 is 5.97 Å². The van der Waals surface area contributed by atoms with E-state index in [4.69, 9.17) is 4.74 Å². The Bertz CT molecular complexity index is 1270. The Balaban J connectivity index is 1.81. The van der Waals surface area contributed by atoms with Crippen molar-refractivity contribution >= 4 is 55.0 Å². The van der Waals surface area contributed by atoms with Gasteiger partial charge in [-0.05, 0) is 43.3 Å². The zero-order valence-corrected chi connectivity index (χ0v) is 16.3. The van der Waals surface area contributed by atoms with Gasteiger partial charge in [-0.15, -0.1) is 11.3 Å². The number of nitrogens with zero attached hydrogens (tertiary/aromatic N) is 3. The van der Waals surface area contributed by atoms with Crippen molar-refractivity contribution in [2.75, 3.05) is 6.61 Å². The Kier molecular flexibility index (Phi) is 5.01. The maximum Gasteiger partial charge on any atom is 0.326 e. The number of amides is 1. The second-order valence-electron chi connectivity index (χ2n) is 5.84. The standard InChI is InChI=1S/C19H14FN3O3S2/c1-2-26-17(24)9-23-14-6-4-12(20)8-16(14)28-19(23)22-18(25)11-3-5-13-15(7-11)27-10-21-13/h3-8,10H,2,9H2,1H3. The highest BCUT2D eigenvalue weighted by Gasteiger charge is 2.14. The van der Waals surface area contributed by atoms with E-state index in [2.05, 4.69) is 9.98 Å². The highest BCUT2D eigenvalue weighted by Crippen LogP contribution is 2.21. The minimum atomic E-state index is -0.452. The molecule has 0 aliphatic rings. The molecule has 142 valence electrons. The van der Waals surface area contributed by atoms with Gasteiger partial charge in [0, 0.05) is 5.56 Å². The molecule has 4 rings (SSSR count). The van der Waals surface area contributed by atoms with Crippen LogP contribution in [0.25, 0.3) is 20.4 Å². The number of aromatic nitrogens is 2. The molecular weight excluding hydrogens is 401 g/mol. The fourth-order valence-corrected chi connectivity index (χ4v) is 4.53.